The van der Waals surface area contributed by atoms with E-state index in [1.54, 1.807) is 6.07 Å². The van der Waals surface area contributed by atoms with Gasteiger partial charge in [-0.05, 0) is 32.9 Å². The zero-order valence-electron chi connectivity index (χ0n) is 14.2. The molecule has 0 saturated heterocycles. The van der Waals surface area contributed by atoms with Gasteiger partial charge in [0.2, 0.25) is 16.0 Å². The summed E-state index contributed by atoms with van der Waals surface area (Å²) < 4.78 is 65.4. The van der Waals surface area contributed by atoms with Crippen molar-refractivity contribution in [2.75, 3.05) is 15.8 Å². The summed E-state index contributed by atoms with van der Waals surface area (Å²) in [6, 6.07) is 5.92. The Morgan fingerprint density at radius 2 is 1.65 bits per heavy atom. The minimum Gasteiger partial charge on any atom is -0.368 e. The Morgan fingerprint density at radius 1 is 1.08 bits per heavy atom. The zero-order valence-corrected chi connectivity index (χ0v) is 15.0. The third kappa shape index (κ3) is 4.34. The number of alkyl halides is 3. The highest BCUT2D eigenvalue weighted by molar-refractivity contribution is 7.94. The van der Waals surface area contributed by atoms with Crippen LogP contribution in [0.4, 0.5) is 36.3 Å². The second-order valence-electron chi connectivity index (χ2n) is 6.38. The molecule has 4 N–H and O–H groups in total. The van der Waals surface area contributed by atoms with Gasteiger partial charge in [0.15, 0.2) is 0 Å². The van der Waals surface area contributed by atoms with Crippen molar-refractivity contribution in [2.45, 2.75) is 31.7 Å². The van der Waals surface area contributed by atoms with Crippen LogP contribution in [-0.4, -0.2) is 23.1 Å². The number of para-hydroxylation sites is 2. The number of anilines is 4. The van der Waals surface area contributed by atoms with Crippen molar-refractivity contribution in [2.24, 2.45) is 0 Å². The van der Waals surface area contributed by atoms with Crippen molar-refractivity contribution in [1.29, 1.82) is 0 Å². The summed E-state index contributed by atoms with van der Waals surface area (Å²) in [5, 5.41) is 2.48. The monoisotopic (exact) mass is 389 g/mol. The lowest BCUT2D eigenvalue weighted by molar-refractivity contribution is -0.137. The molecule has 0 bridgehead atoms. The molecule has 0 radical (unpaired) electrons. The van der Waals surface area contributed by atoms with Gasteiger partial charge in [-0.3, -0.25) is 4.72 Å². The molecule has 0 spiro atoms. The predicted octanol–water partition coefficient (Wildman–Crippen LogP) is 3.36. The van der Waals surface area contributed by atoms with Crippen LogP contribution in [0.1, 0.15) is 26.3 Å². The van der Waals surface area contributed by atoms with Gasteiger partial charge in [-0.1, -0.05) is 12.1 Å². The molecule has 0 saturated carbocycles. The first-order chi connectivity index (χ1) is 11.8. The standard InChI is InChI=1S/C15H18F3N5O2S/c1-14(2,3)26(24,25)23-11-7-5-4-6-10(11)21-12-9(15(16,17)18)8-20-13(19)22-12/h4-8,23H,1-3H3,(H3,19,20,21,22). The van der Waals surface area contributed by atoms with Crippen LogP contribution >= 0.6 is 0 Å². The van der Waals surface area contributed by atoms with E-state index >= 15 is 0 Å². The summed E-state index contributed by atoms with van der Waals surface area (Å²) in [4.78, 5) is 6.94. The summed E-state index contributed by atoms with van der Waals surface area (Å²) >= 11 is 0. The Labute approximate surface area is 148 Å². The molecular weight excluding hydrogens is 371 g/mol. The van der Waals surface area contributed by atoms with Crippen molar-refractivity contribution in [3.05, 3.63) is 36.0 Å². The van der Waals surface area contributed by atoms with Gasteiger partial charge in [0.05, 0.1) is 16.1 Å². The fourth-order valence-electron chi connectivity index (χ4n) is 1.80. The normalized spacial score (nSPS) is 12.7. The van der Waals surface area contributed by atoms with Gasteiger partial charge in [0, 0.05) is 6.20 Å². The number of aromatic nitrogens is 2. The summed E-state index contributed by atoms with van der Waals surface area (Å²) in [7, 11) is -3.78. The molecule has 0 unspecified atom stereocenters. The van der Waals surface area contributed by atoms with E-state index in [0.717, 1.165) is 0 Å². The Kier molecular flexibility index (Phi) is 5.04. The first-order valence-corrected chi connectivity index (χ1v) is 8.88. The smallest absolute Gasteiger partial charge is 0.368 e. The molecule has 0 aliphatic rings. The maximum atomic E-state index is 13.1. The minimum absolute atomic E-state index is 0.0766. The fourth-order valence-corrected chi connectivity index (χ4v) is 2.58. The Hall–Kier alpha value is -2.56. The van der Waals surface area contributed by atoms with E-state index in [9.17, 15) is 21.6 Å². The highest BCUT2D eigenvalue weighted by atomic mass is 32.2. The molecular formula is C15H18F3N5O2S. The molecule has 0 fully saturated rings. The van der Waals surface area contributed by atoms with Crippen LogP contribution in [0.25, 0.3) is 0 Å². The minimum atomic E-state index is -4.71. The van der Waals surface area contributed by atoms with Gasteiger partial charge in [-0.2, -0.15) is 18.2 Å². The molecule has 1 aromatic heterocycles. The van der Waals surface area contributed by atoms with Crippen molar-refractivity contribution in [3.8, 4) is 0 Å². The molecule has 11 heteroatoms. The molecule has 1 heterocycles. The van der Waals surface area contributed by atoms with Crippen molar-refractivity contribution in [1.82, 2.24) is 9.97 Å². The number of hydrogen-bond donors (Lipinski definition) is 3. The number of sulfonamides is 1. The number of benzene rings is 1. The molecule has 1 aromatic carbocycles. The van der Waals surface area contributed by atoms with Gasteiger partial charge in [0.1, 0.15) is 11.4 Å². The molecule has 7 nitrogen and oxygen atoms in total. The average molecular weight is 389 g/mol. The van der Waals surface area contributed by atoms with Crippen LogP contribution in [0.2, 0.25) is 0 Å². The Morgan fingerprint density at radius 3 is 2.19 bits per heavy atom. The van der Waals surface area contributed by atoms with Crippen LogP contribution in [0.3, 0.4) is 0 Å². The lowest BCUT2D eigenvalue weighted by atomic mass is 10.2. The third-order valence-electron chi connectivity index (χ3n) is 3.34. The van der Waals surface area contributed by atoms with E-state index in [4.69, 9.17) is 5.73 Å². The van der Waals surface area contributed by atoms with Gasteiger partial charge in [-0.15, -0.1) is 0 Å². The van der Waals surface area contributed by atoms with Crippen molar-refractivity contribution in [3.63, 3.8) is 0 Å². The molecule has 26 heavy (non-hydrogen) atoms. The molecule has 2 rings (SSSR count). The first kappa shape index (κ1) is 19.8. The van der Waals surface area contributed by atoms with Gasteiger partial charge in [0.25, 0.3) is 0 Å². The highest BCUT2D eigenvalue weighted by Gasteiger charge is 2.35. The van der Waals surface area contributed by atoms with E-state index in [1.165, 1.54) is 39.0 Å². The number of rotatable bonds is 4. The summed E-state index contributed by atoms with van der Waals surface area (Å²) in [6.45, 7) is 4.49. The molecule has 0 aliphatic carbocycles. The highest BCUT2D eigenvalue weighted by Crippen LogP contribution is 2.36. The molecule has 0 amide bonds. The van der Waals surface area contributed by atoms with Crippen molar-refractivity contribution >= 4 is 33.2 Å². The molecule has 0 aliphatic heterocycles. The van der Waals surface area contributed by atoms with Crippen LogP contribution in [-0.2, 0) is 16.2 Å². The molecule has 0 atom stereocenters. The van der Waals surface area contributed by atoms with Crippen LogP contribution in [0.15, 0.2) is 30.5 Å². The van der Waals surface area contributed by atoms with Crippen LogP contribution in [0.5, 0.6) is 0 Å². The van der Waals surface area contributed by atoms with E-state index < -0.39 is 32.3 Å². The molecule has 2 aromatic rings. The topological polar surface area (TPSA) is 110 Å². The van der Waals surface area contributed by atoms with E-state index in [-0.39, 0.29) is 17.3 Å². The maximum Gasteiger partial charge on any atom is 0.421 e. The predicted molar refractivity (Wildman–Crippen MR) is 93.5 cm³/mol. The van der Waals surface area contributed by atoms with Crippen LogP contribution in [0, 0.1) is 0 Å². The second-order valence-corrected chi connectivity index (χ2v) is 8.81. The number of nitrogen functional groups attached to an aromatic ring is 1. The lowest BCUT2D eigenvalue weighted by Gasteiger charge is -2.22. The number of halogens is 3. The van der Waals surface area contributed by atoms with Crippen LogP contribution < -0.4 is 15.8 Å². The first-order valence-electron chi connectivity index (χ1n) is 7.39. The van der Waals surface area contributed by atoms with Gasteiger partial charge in [-0.25, -0.2) is 13.4 Å². The Bertz CT molecular complexity index is 908. The third-order valence-corrected chi connectivity index (χ3v) is 5.44. The van der Waals surface area contributed by atoms with E-state index in [1.807, 2.05) is 0 Å². The van der Waals surface area contributed by atoms with Gasteiger partial charge < -0.3 is 11.1 Å². The zero-order chi connectivity index (χ0) is 19.8. The fraction of sp³-hybridized carbons (Fsp3) is 0.333. The van der Waals surface area contributed by atoms with Crippen molar-refractivity contribution < 1.29 is 21.6 Å². The number of nitrogens with zero attached hydrogens (tertiary/aromatic N) is 2. The second kappa shape index (κ2) is 6.63. The molecule has 142 valence electrons. The maximum absolute atomic E-state index is 13.1. The quantitative estimate of drug-likeness (QED) is 0.740. The van der Waals surface area contributed by atoms with E-state index in [2.05, 4.69) is 20.0 Å². The number of nitrogens with two attached hydrogens (primary N) is 1. The number of nitrogens with one attached hydrogen (secondary N) is 2. The summed E-state index contributed by atoms with van der Waals surface area (Å²) in [5.41, 5.74) is 4.42. The Balaban J connectivity index is 2.46. The number of hydrogen-bond acceptors (Lipinski definition) is 6. The largest absolute Gasteiger partial charge is 0.421 e. The van der Waals surface area contributed by atoms with E-state index in [0.29, 0.717) is 6.20 Å². The average Bonchev–Trinajstić information content (AvgIpc) is 2.46. The SMILES string of the molecule is CC(C)(C)S(=O)(=O)Nc1ccccc1Nc1nc(N)ncc1C(F)(F)F. The van der Waals surface area contributed by atoms with Gasteiger partial charge >= 0.3 is 6.18 Å². The summed E-state index contributed by atoms with van der Waals surface area (Å²) in [5.74, 6) is -0.930. The summed E-state index contributed by atoms with van der Waals surface area (Å²) in [6.07, 6.45) is -4.15. The lowest BCUT2D eigenvalue weighted by Crippen LogP contribution is -2.33.